The van der Waals surface area contributed by atoms with E-state index in [0.29, 0.717) is 16.0 Å². The molecule has 74 valence electrons. The minimum atomic E-state index is -0.324. The summed E-state index contributed by atoms with van der Waals surface area (Å²) in [5.74, 6) is 0.374. The van der Waals surface area contributed by atoms with Crippen LogP contribution in [-0.2, 0) is 6.61 Å². The molecule has 2 aromatic rings. The van der Waals surface area contributed by atoms with Crippen LogP contribution in [0.2, 0.25) is 0 Å². The first-order chi connectivity index (χ1) is 6.76. The molecule has 0 saturated heterocycles. The number of aliphatic hydroxyl groups excluding tert-OH is 1. The Morgan fingerprint density at radius 2 is 2.29 bits per heavy atom. The molecule has 0 radical (unpaired) electrons. The van der Waals surface area contributed by atoms with Crippen molar-refractivity contribution in [2.24, 2.45) is 0 Å². The summed E-state index contributed by atoms with van der Waals surface area (Å²) in [6.07, 6.45) is 0. The third kappa shape index (κ3) is 1.36. The van der Waals surface area contributed by atoms with Gasteiger partial charge in [0.1, 0.15) is 11.6 Å². The van der Waals surface area contributed by atoms with Crippen molar-refractivity contribution in [3.63, 3.8) is 0 Å². The zero-order chi connectivity index (χ0) is 10.1. The molecule has 4 heteroatoms. The van der Waals surface area contributed by atoms with Gasteiger partial charge in [-0.3, -0.25) is 0 Å². The number of hydrogen-bond donors (Lipinski definition) is 1. The van der Waals surface area contributed by atoms with Crippen molar-refractivity contribution < 1.29 is 14.2 Å². The largest absolute Gasteiger partial charge is 0.497 e. The van der Waals surface area contributed by atoms with Gasteiger partial charge in [0.2, 0.25) is 0 Å². The predicted molar refractivity (Wildman–Crippen MR) is 54.3 cm³/mol. The summed E-state index contributed by atoms with van der Waals surface area (Å²) in [6, 6.07) is 5.14. The monoisotopic (exact) mass is 212 g/mol. The van der Waals surface area contributed by atoms with Crippen LogP contribution in [0.5, 0.6) is 5.75 Å². The molecule has 0 saturated carbocycles. The Morgan fingerprint density at radius 3 is 2.93 bits per heavy atom. The Balaban J connectivity index is 2.66. The van der Waals surface area contributed by atoms with Crippen LogP contribution in [0, 0.1) is 5.82 Å². The molecule has 0 aliphatic rings. The van der Waals surface area contributed by atoms with Gasteiger partial charge in [0.15, 0.2) is 0 Å². The number of fused-ring (bicyclic) bond motifs is 1. The number of halogens is 1. The summed E-state index contributed by atoms with van der Waals surface area (Å²) in [5, 5.41) is 9.43. The molecular weight excluding hydrogens is 203 g/mol. The number of aliphatic hydroxyl groups is 1. The molecule has 0 spiro atoms. The highest BCUT2D eigenvalue weighted by Crippen LogP contribution is 2.32. The van der Waals surface area contributed by atoms with E-state index in [1.54, 1.807) is 25.3 Å². The Morgan fingerprint density at radius 1 is 1.50 bits per heavy atom. The van der Waals surface area contributed by atoms with Gasteiger partial charge in [0.05, 0.1) is 18.6 Å². The number of hydrogen-bond acceptors (Lipinski definition) is 3. The molecule has 1 aromatic carbocycles. The van der Waals surface area contributed by atoms with E-state index in [2.05, 4.69) is 0 Å². The van der Waals surface area contributed by atoms with Gasteiger partial charge >= 0.3 is 0 Å². The van der Waals surface area contributed by atoms with Crippen molar-refractivity contribution in [2.75, 3.05) is 7.11 Å². The van der Waals surface area contributed by atoms with Gasteiger partial charge in [-0.05, 0) is 18.2 Å². The van der Waals surface area contributed by atoms with E-state index in [4.69, 9.17) is 9.84 Å². The summed E-state index contributed by atoms with van der Waals surface area (Å²) in [7, 11) is 1.57. The van der Waals surface area contributed by atoms with Gasteiger partial charge in [-0.25, -0.2) is 4.39 Å². The fourth-order valence-corrected chi connectivity index (χ4v) is 2.30. The van der Waals surface area contributed by atoms with Gasteiger partial charge in [-0.1, -0.05) is 0 Å². The SMILES string of the molecule is COc1ccc2c(F)c(CO)sc2c1. The molecule has 1 aromatic heterocycles. The number of ether oxygens (including phenoxy) is 1. The number of methoxy groups -OCH3 is 1. The Hall–Kier alpha value is -1.13. The number of benzene rings is 1. The zero-order valence-corrected chi connectivity index (χ0v) is 8.40. The summed E-state index contributed by atoms with van der Waals surface area (Å²) in [5.41, 5.74) is 0. The summed E-state index contributed by atoms with van der Waals surface area (Å²) in [6.45, 7) is -0.256. The van der Waals surface area contributed by atoms with E-state index in [-0.39, 0.29) is 12.4 Å². The highest BCUT2D eigenvalue weighted by molar-refractivity contribution is 7.19. The third-order valence-electron chi connectivity index (χ3n) is 2.05. The van der Waals surface area contributed by atoms with E-state index in [9.17, 15) is 4.39 Å². The smallest absolute Gasteiger partial charge is 0.147 e. The Labute approximate surface area is 84.6 Å². The fraction of sp³-hybridized carbons (Fsp3) is 0.200. The molecular formula is C10H9FO2S. The number of thiophene rings is 1. The minimum Gasteiger partial charge on any atom is -0.497 e. The topological polar surface area (TPSA) is 29.5 Å². The van der Waals surface area contributed by atoms with Crippen molar-refractivity contribution in [3.8, 4) is 5.75 Å². The van der Waals surface area contributed by atoms with Crippen LogP contribution in [0.1, 0.15) is 4.88 Å². The average molecular weight is 212 g/mol. The molecule has 1 N–H and O–H groups in total. The maximum absolute atomic E-state index is 13.5. The molecule has 0 fully saturated rings. The van der Waals surface area contributed by atoms with Crippen molar-refractivity contribution in [1.29, 1.82) is 0 Å². The maximum Gasteiger partial charge on any atom is 0.147 e. The molecule has 0 bridgehead atoms. The summed E-state index contributed by atoms with van der Waals surface area (Å²) in [4.78, 5) is 0.369. The first-order valence-electron chi connectivity index (χ1n) is 4.12. The lowest BCUT2D eigenvalue weighted by Gasteiger charge is -1.97. The highest BCUT2D eigenvalue weighted by atomic mass is 32.1. The lowest BCUT2D eigenvalue weighted by atomic mass is 10.2. The normalized spacial score (nSPS) is 10.8. The van der Waals surface area contributed by atoms with Crippen molar-refractivity contribution in [3.05, 3.63) is 28.9 Å². The second kappa shape index (κ2) is 3.55. The molecule has 2 nitrogen and oxygen atoms in total. The molecule has 0 amide bonds. The molecule has 0 atom stereocenters. The molecule has 14 heavy (non-hydrogen) atoms. The Bertz CT molecular complexity index is 464. The second-order valence-electron chi connectivity index (χ2n) is 2.86. The molecule has 0 unspecified atom stereocenters. The van der Waals surface area contributed by atoms with Gasteiger partial charge in [-0.2, -0.15) is 0 Å². The van der Waals surface area contributed by atoms with Crippen molar-refractivity contribution >= 4 is 21.4 Å². The summed E-state index contributed by atoms with van der Waals surface area (Å²) < 4.78 is 19.3. The molecule has 0 aliphatic carbocycles. The van der Waals surface area contributed by atoms with Crippen LogP contribution >= 0.6 is 11.3 Å². The first kappa shape index (κ1) is 9.43. The van der Waals surface area contributed by atoms with E-state index in [0.717, 1.165) is 4.70 Å². The van der Waals surface area contributed by atoms with E-state index < -0.39 is 0 Å². The molecule has 1 heterocycles. The lowest BCUT2D eigenvalue weighted by molar-refractivity contribution is 0.280. The van der Waals surface area contributed by atoms with Crippen LogP contribution in [-0.4, -0.2) is 12.2 Å². The van der Waals surface area contributed by atoms with Crippen molar-refractivity contribution in [1.82, 2.24) is 0 Å². The van der Waals surface area contributed by atoms with Gasteiger partial charge < -0.3 is 9.84 Å². The average Bonchev–Trinajstić information content (AvgIpc) is 2.55. The van der Waals surface area contributed by atoms with Gasteiger partial charge in [0.25, 0.3) is 0 Å². The number of rotatable bonds is 2. The fourth-order valence-electron chi connectivity index (χ4n) is 1.32. The second-order valence-corrected chi connectivity index (χ2v) is 4.00. The van der Waals surface area contributed by atoms with E-state index >= 15 is 0 Å². The van der Waals surface area contributed by atoms with Crippen LogP contribution < -0.4 is 4.74 Å². The molecule has 2 rings (SSSR count). The summed E-state index contributed by atoms with van der Waals surface area (Å²) >= 11 is 1.25. The third-order valence-corrected chi connectivity index (χ3v) is 3.16. The van der Waals surface area contributed by atoms with Crippen LogP contribution in [0.25, 0.3) is 10.1 Å². The quantitative estimate of drug-likeness (QED) is 0.829. The Kier molecular flexibility index (Phi) is 2.39. The van der Waals surface area contributed by atoms with Crippen LogP contribution in [0.4, 0.5) is 4.39 Å². The zero-order valence-electron chi connectivity index (χ0n) is 7.58. The predicted octanol–water partition coefficient (Wildman–Crippen LogP) is 2.54. The van der Waals surface area contributed by atoms with Crippen LogP contribution in [0.15, 0.2) is 18.2 Å². The highest BCUT2D eigenvalue weighted by Gasteiger charge is 2.11. The van der Waals surface area contributed by atoms with Gasteiger partial charge in [-0.15, -0.1) is 11.3 Å². The van der Waals surface area contributed by atoms with E-state index in [1.165, 1.54) is 11.3 Å². The van der Waals surface area contributed by atoms with Crippen molar-refractivity contribution in [2.45, 2.75) is 6.61 Å². The first-order valence-corrected chi connectivity index (χ1v) is 4.93. The van der Waals surface area contributed by atoms with Crippen LogP contribution in [0.3, 0.4) is 0 Å². The standard InChI is InChI=1S/C10H9FO2S/c1-13-6-2-3-7-8(4-6)14-9(5-12)10(7)11/h2-4,12H,5H2,1H3. The van der Waals surface area contributed by atoms with E-state index in [1.807, 2.05) is 0 Å². The maximum atomic E-state index is 13.5. The minimum absolute atomic E-state index is 0.256. The van der Waals surface area contributed by atoms with Gasteiger partial charge in [0, 0.05) is 10.1 Å². The molecule has 0 aliphatic heterocycles. The lowest BCUT2D eigenvalue weighted by Crippen LogP contribution is -1.82.